The number of para-hydroxylation sites is 4. The third kappa shape index (κ3) is 8.29. The van der Waals surface area contributed by atoms with Crippen molar-refractivity contribution in [1.29, 1.82) is 0 Å². The third-order valence-electron chi connectivity index (χ3n) is 20.0. The van der Waals surface area contributed by atoms with Gasteiger partial charge in [-0.05, 0) is 165 Å². The Morgan fingerprint density at radius 1 is 0.158 bits per heavy atom. The van der Waals surface area contributed by atoms with Gasteiger partial charge in [-0.2, -0.15) is 0 Å². The molecule has 0 aliphatic carbocycles. The quantitative estimate of drug-likeness (QED) is 0.142. The zero-order valence-electron chi connectivity index (χ0n) is 51.5. The summed E-state index contributed by atoms with van der Waals surface area (Å²) in [7, 11) is 0. The molecule has 5 aromatic heterocycles. The second kappa shape index (κ2) is 20.9. The fraction of sp³-hybridized carbons (Fsp3) is 0. The van der Waals surface area contributed by atoms with Crippen molar-refractivity contribution < 1.29 is 4.42 Å². The van der Waals surface area contributed by atoms with Gasteiger partial charge in [0.25, 0.3) is 0 Å². The molecule has 0 saturated heterocycles. The maximum Gasteiger partial charge on any atom is 0.137 e. The van der Waals surface area contributed by atoms with E-state index in [9.17, 15) is 0 Å². The Morgan fingerprint density at radius 2 is 0.474 bits per heavy atom. The van der Waals surface area contributed by atoms with Crippen molar-refractivity contribution in [2.75, 3.05) is 0 Å². The van der Waals surface area contributed by atoms with Crippen LogP contribution in [-0.4, -0.2) is 18.3 Å². The minimum absolute atomic E-state index is 0.853. The molecule has 0 amide bonds. The summed E-state index contributed by atoms with van der Waals surface area (Å²) in [6.07, 6.45) is 0. The normalized spacial score (nSPS) is 12.0. The molecule has 5 heteroatoms. The molecule has 0 atom stereocenters. The highest BCUT2D eigenvalue weighted by molar-refractivity contribution is 6.21. The van der Waals surface area contributed by atoms with Gasteiger partial charge in [0, 0.05) is 82.7 Å². The highest BCUT2D eigenvalue weighted by atomic mass is 16.3. The van der Waals surface area contributed by atoms with Gasteiger partial charge in [-0.25, -0.2) is 0 Å². The summed E-state index contributed by atoms with van der Waals surface area (Å²) in [5.74, 6) is 0. The van der Waals surface area contributed by atoms with Crippen LogP contribution in [-0.2, 0) is 0 Å². The van der Waals surface area contributed by atoms with Gasteiger partial charge in [0.05, 0.1) is 44.1 Å². The van der Waals surface area contributed by atoms with E-state index in [2.05, 4.69) is 358 Å². The van der Waals surface area contributed by atoms with Gasteiger partial charge < -0.3 is 22.7 Å². The predicted octanol–water partition coefficient (Wildman–Crippen LogP) is 24.3. The lowest BCUT2D eigenvalue weighted by atomic mass is 9.93. The molecule has 15 aromatic carbocycles. The average molecular weight is 1210 g/mol. The number of benzene rings is 15. The van der Waals surface area contributed by atoms with Crippen LogP contribution in [0.25, 0.3) is 188 Å². The first-order valence-electron chi connectivity index (χ1n) is 32.6. The van der Waals surface area contributed by atoms with Crippen molar-refractivity contribution in [3.8, 4) is 78.4 Å². The summed E-state index contributed by atoms with van der Waals surface area (Å²) in [5, 5.41) is 11.9. The molecule has 0 bridgehead atoms. The molecule has 95 heavy (non-hydrogen) atoms. The van der Waals surface area contributed by atoms with Crippen LogP contribution in [0.3, 0.4) is 0 Å². The van der Waals surface area contributed by atoms with Gasteiger partial charge in [-0.15, -0.1) is 0 Å². The lowest BCUT2D eigenvalue weighted by molar-refractivity contribution is 0.669. The Bertz CT molecular complexity index is 6480. The van der Waals surface area contributed by atoms with Crippen molar-refractivity contribution in [2.24, 2.45) is 0 Å². The lowest BCUT2D eigenvalue weighted by Gasteiger charge is -2.13. The molecule has 0 radical (unpaired) electrons. The van der Waals surface area contributed by atoms with Crippen LogP contribution in [0.1, 0.15) is 0 Å². The van der Waals surface area contributed by atoms with Crippen LogP contribution >= 0.6 is 0 Å². The number of hydrogen-bond donors (Lipinski definition) is 0. The first-order valence-corrected chi connectivity index (χ1v) is 32.6. The molecule has 0 spiro atoms. The van der Waals surface area contributed by atoms with Crippen LogP contribution in [0.4, 0.5) is 0 Å². The van der Waals surface area contributed by atoms with Crippen LogP contribution in [0.2, 0.25) is 0 Å². The molecule has 0 N–H and O–H groups in total. The molecule has 0 fully saturated rings. The van der Waals surface area contributed by atoms with E-state index >= 15 is 0 Å². The molecule has 0 aliphatic heterocycles. The lowest BCUT2D eigenvalue weighted by Crippen LogP contribution is -1.95. The fourth-order valence-corrected chi connectivity index (χ4v) is 15.6. The molecular weight excluding hydrogens is 1150 g/mol. The first-order chi connectivity index (χ1) is 47.1. The van der Waals surface area contributed by atoms with Crippen LogP contribution in [0, 0.1) is 0 Å². The molecule has 0 unspecified atom stereocenters. The van der Waals surface area contributed by atoms with E-state index in [1.807, 2.05) is 0 Å². The smallest absolute Gasteiger partial charge is 0.137 e. The van der Waals surface area contributed by atoms with Crippen molar-refractivity contribution >= 4 is 109 Å². The highest BCUT2D eigenvalue weighted by Gasteiger charge is 2.23. The Kier molecular flexibility index (Phi) is 11.7. The number of aromatic nitrogens is 4. The Morgan fingerprint density at radius 3 is 0.947 bits per heavy atom. The first kappa shape index (κ1) is 53.0. The minimum Gasteiger partial charge on any atom is -0.456 e. The molecule has 20 aromatic rings. The van der Waals surface area contributed by atoms with Crippen LogP contribution in [0.15, 0.2) is 344 Å². The molecule has 5 nitrogen and oxygen atoms in total. The van der Waals surface area contributed by atoms with E-state index in [4.69, 9.17) is 4.42 Å². The average Bonchev–Trinajstić information content (AvgIpc) is 1.57. The molecule has 0 saturated carbocycles. The van der Waals surface area contributed by atoms with Gasteiger partial charge in [-0.3, -0.25) is 0 Å². The van der Waals surface area contributed by atoms with Gasteiger partial charge in [0.2, 0.25) is 0 Å². The van der Waals surface area contributed by atoms with E-state index < -0.39 is 0 Å². The minimum atomic E-state index is 0.853. The van der Waals surface area contributed by atoms with Crippen LogP contribution in [0.5, 0.6) is 0 Å². The molecule has 5 heterocycles. The van der Waals surface area contributed by atoms with E-state index in [0.717, 1.165) is 89.1 Å². The fourth-order valence-electron chi connectivity index (χ4n) is 15.6. The largest absolute Gasteiger partial charge is 0.456 e. The Balaban J connectivity index is 0.629. The number of rotatable bonds is 9. The number of fused-ring (bicyclic) bond motifs is 15. The summed E-state index contributed by atoms with van der Waals surface area (Å²) >= 11 is 0. The van der Waals surface area contributed by atoms with E-state index in [1.165, 1.54) is 98.4 Å². The zero-order chi connectivity index (χ0) is 62.2. The maximum absolute atomic E-state index is 6.94. The van der Waals surface area contributed by atoms with E-state index in [-0.39, 0.29) is 0 Å². The maximum atomic E-state index is 6.94. The summed E-state index contributed by atoms with van der Waals surface area (Å²) in [5.41, 5.74) is 27.3. The number of nitrogens with zero attached hydrogens (tertiary/aromatic N) is 4. The van der Waals surface area contributed by atoms with Crippen molar-refractivity contribution in [3.05, 3.63) is 340 Å². The Labute approximate surface area is 546 Å². The van der Waals surface area contributed by atoms with E-state index in [0.29, 0.717) is 0 Å². The zero-order valence-corrected chi connectivity index (χ0v) is 51.5. The Hall–Kier alpha value is -12.7. The number of hydrogen-bond acceptors (Lipinski definition) is 1. The monoisotopic (exact) mass is 1210 g/mol. The summed E-state index contributed by atoms with van der Waals surface area (Å²) in [6.45, 7) is 0. The van der Waals surface area contributed by atoms with Gasteiger partial charge in [-0.1, -0.05) is 224 Å². The van der Waals surface area contributed by atoms with Crippen LogP contribution < -0.4 is 0 Å². The van der Waals surface area contributed by atoms with Crippen molar-refractivity contribution in [1.82, 2.24) is 18.3 Å². The highest BCUT2D eigenvalue weighted by Crippen LogP contribution is 2.45. The second-order valence-electron chi connectivity index (χ2n) is 25.2. The van der Waals surface area contributed by atoms with Crippen molar-refractivity contribution in [2.45, 2.75) is 0 Å². The third-order valence-corrected chi connectivity index (χ3v) is 20.0. The molecule has 442 valence electrons. The van der Waals surface area contributed by atoms with E-state index in [1.54, 1.807) is 0 Å². The topological polar surface area (TPSA) is 32.9 Å². The summed E-state index contributed by atoms with van der Waals surface area (Å²) in [6, 6.07) is 124. The van der Waals surface area contributed by atoms with Gasteiger partial charge >= 0.3 is 0 Å². The van der Waals surface area contributed by atoms with Gasteiger partial charge in [0.15, 0.2) is 0 Å². The standard InChI is InChI=1S/C90H56N4O/c1-3-18-57(19-4-1)59-38-43-65(44-39-59)91-81-30-13-9-26-71(81)77-55-87-79(53-85(77)91)73-28-11-15-32-83(73)93(87)67-23-17-22-63(50-67)61-34-36-62(37-35-61)69-24-7-8-25-70(69)64-42-48-75-76-49-47-68(52-90(76)95-89(75)51-64)94-84-33-16-12-29-74(84)80-54-86-78(56-88(80)94)72-27-10-14-31-82(72)92(86)66-45-40-60(41-46-66)58-20-5-2-6-21-58/h1-56H. The predicted molar refractivity (Wildman–Crippen MR) is 398 cm³/mol. The molecular formula is C90H56N4O. The summed E-state index contributed by atoms with van der Waals surface area (Å²) in [4.78, 5) is 0. The molecule has 20 rings (SSSR count). The SMILES string of the molecule is c1ccc(-c2ccc(-n3c4ccccc4c4cc5c(cc43)c3ccccc3n5-c3cccc(-c4ccc(-c5ccccc5-c5ccc6c(c5)oc5cc(-n7c8ccccc8c8cc9c(cc87)c7ccccc7n9-c7ccc(-c8ccccc8)cc7)ccc56)cc4)c3)cc2)cc1. The van der Waals surface area contributed by atoms with Crippen molar-refractivity contribution in [3.63, 3.8) is 0 Å². The number of furan rings is 1. The second-order valence-corrected chi connectivity index (χ2v) is 25.2. The molecule has 0 aliphatic rings. The van der Waals surface area contributed by atoms with Gasteiger partial charge in [0.1, 0.15) is 11.2 Å². The summed E-state index contributed by atoms with van der Waals surface area (Å²) < 4.78 is 16.7.